The van der Waals surface area contributed by atoms with Gasteiger partial charge in [0.15, 0.2) is 0 Å². The van der Waals surface area contributed by atoms with Gasteiger partial charge in [0, 0.05) is 23.8 Å². The summed E-state index contributed by atoms with van der Waals surface area (Å²) in [4.78, 5) is 0. The molecule has 0 aliphatic carbocycles. The average Bonchev–Trinajstić information content (AvgIpc) is 3.10. The van der Waals surface area contributed by atoms with E-state index in [4.69, 9.17) is 0 Å². The van der Waals surface area contributed by atoms with Crippen LogP contribution in [0.3, 0.4) is 0 Å². The molecule has 0 unspecified atom stereocenters. The molecular weight excluding hydrogens is 290 g/mol. The highest BCUT2D eigenvalue weighted by molar-refractivity contribution is 7.08. The number of anilines is 1. The molecule has 4 heteroatoms. The third-order valence-electron chi connectivity index (χ3n) is 4.50. The van der Waals surface area contributed by atoms with E-state index in [1.54, 1.807) is 11.3 Å². The zero-order chi connectivity index (χ0) is 14.8. The molecule has 114 valence electrons. The number of nitrogens with one attached hydrogen (secondary N) is 3. The normalized spacial score (nSPS) is 17.8. The number of hydrogen-bond donors (Lipinski definition) is 3. The molecule has 0 spiro atoms. The Balaban J connectivity index is 1.71. The van der Waals surface area contributed by atoms with Gasteiger partial charge in [0.25, 0.3) is 0 Å². The van der Waals surface area contributed by atoms with Crippen LogP contribution in [0.25, 0.3) is 17.2 Å². The van der Waals surface area contributed by atoms with E-state index < -0.39 is 0 Å². The van der Waals surface area contributed by atoms with Crippen molar-refractivity contribution in [2.45, 2.75) is 25.4 Å². The van der Waals surface area contributed by atoms with Crippen molar-refractivity contribution in [3.05, 3.63) is 46.3 Å². The Morgan fingerprint density at radius 2 is 2.05 bits per heavy atom. The average molecular weight is 311 g/mol. The van der Waals surface area contributed by atoms with Crippen molar-refractivity contribution >= 4 is 23.1 Å². The van der Waals surface area contributed by atoms with Crippen molar-refractivity contribution in [2.24, 2.45) is 0 Å². The first-order chi connectivity index (χ1) is 10.9. The van der Waals surface area contributed by atoms with Crippen LogP contribution in [0.4, 0.5) is 5.69 Å². The van der Waals surface area contributed by atoms with Crippen LogP contribution in [0.2, 0.25) is 0 Å². The van der Waals surface area contributed by atoms with Crippen LogP contribution in [0, 0.1) is 0 Å². The van der Waals surface area contributed by atoms with E-state index in [-0.39, 0.29) is 0 Å². The Kier molecular flexibility index (Phi) is 3.87. The van der Waals surface area contributed by atoms with Crippen LogP contribution in [-0.4, -0.2) is 19.1 Å². The van der Waals surface area contributed by atoms with E-state index in [1.807, 2.05) is 6.20 Å². The number of fused-ring (bicyclic) bond motifs is 1. The molecule has 0 bridgehead atoms. The maximum Gasteiger partial charge on any atom is 0.0421 e. The van der Waals surface area contributed by atoms with Crippen LogP contribution >= 0.6 is 11.3 Å². The lowest BCUT2D eigenvalue weighted by molar-refractivity contribution is 0.479. The maximum atomic E-state index is 3.80. The molecule has 3 nitrogen and oxygen atoms in total. The van der Waals surface area contributed by atoms with Gasteiger partial charge in [-0.3, -0.25) is 0 Å². The molecule has 0 atom stereocenters. The summed E-state index contributed by atoms with van der Waals surface area (Å²) >= 11 is 1.75. The quantitative estimate of drug-likeness (QED) is 0.810. The second-order valence-corrected chi connectivity index (χ2v) is 6.77. The highest BCUT2D eigenvalue weighted by Crippen LogP contribution is 2.33. The zero-order valence-corrected chi connectivity index (χ0v) is 13.4. The van der Waals surface area contributed by atoms with Gasteiger partial charge in [-0.1, -0.05) is 0 Å². The molecule has 22 heavy (non-hydrogen) atoms. The van der Waals surface area contributed by atoms with Crippen LogP contribution in [0.1, 0.15) is 24.0 Å². The lowest BCUT2D eigenvalue weighted by atomic mass is 9.96. The molecule has 1 aromatic heterocycles. The van der Waals surface area contributed by atoms with Crippen molar-refractivity contribution in [3.8, 4) is 11.1 Å². The van der Waals surface area contributed by atoms with Gasteiger partial charge in [-0.25, -0.2) is 0 Å². The molecule has 2 aliphatic rings. The van der Waals surface area contributed by atoms with Crippen molar-refractivity contribution in [2.75, 3.05) is 18.4 Å². The first kappa shape index (κ1) is 13.9. The fourth-order valence-corrected chi connectivity index (χ4v) is 3.93. The van der Waals surface area contributed by atoms with Crippen LogP contribution in [0.5, 0.6) is 0 Å². The zero-order valence-electron chi connectivity index (χ0n) is 12.6. The fraction of sp³-hybridized carbons (Fsp3) is 0.333. The lowest BCUT2D eigenvalue weighted by Gasteiger charge is -2.27. The summed E-state index contributed by atoms with van der Waals surface area (Å²) in [5.41, 5.74) is 6.64. The standard InChI is InChI=1S/C18H21N3S/c1-5-20-11-17-13(1)9-15(14-4-8-22-12-14)10-18(17)21-16-2-6-19-7-3-16/h1,4-5,8-10,12,16,19-21H,2-3,6-7,11H2. The maximum absolute atomic E-state index is 3.80. The monoisotopic (exact) mass is 311 g/mol. The summed E-state index contributed by atoms with van der Waals surface area (Å²) in [5.74, 6) is 0. The summed E-state index contributed by atoms with van der Waals surface area (Å²) in [6, 6.07) is 7.41. The van der Waals surface area contributed by atoms with E-state index in [0.29, 0.717) is 6.04 Å². The molecule has 1 saturated heterocycles. The molecule has 0 radical (unpaired) electrons. The molecule has 3 N–H and O–H groups in total. The molecule has 0 amide bonds. The third-order valence-corrected chi connectivity index (χ3v) is 5.18. The smallest absolute Gasteiger partial charge is 0.0421 e. The first-order valence-corrected chi connectivity index (χ1v) is 8.91. The van der Waals surface area contributed by atoms with E-state index in [1.165, 1.54) is 40.8 Å². The SMILES string of the molecule is C1=Cc2cc(-c3ccsc3)cc(NC3CCNCC3)c2CN1. The topological polar surface area (TPSA) is 36.1 Å². The molecule has 1 aromatic carbocycles. The highest BCUT2D eigenvalue weighted by Gasteiger charge is 2.17. The Hall–Kier alpha value is -1.78. The molecule has 3 heterocycles. The molecule has 0 saturated carbocycles. The van der Waals surface area contributed by atoms with Gasteiger partial charge >= 0.3 is 0 Å². The van der Waals surface area contributed by atoms with E-state index in [9.17, 15) is 0 Å². The van der Waals surface area contributed by atoms with E-state index >= 15 is 0 Å². The molecule has 1 fully saturated rings. The van der Waals surface area contributed by atoms with Gasteiger partial charge in [0.2, 0.25) is 0 Å². The van der Waals surface area contributed by atoms with E-state index in [2.05, 4.69) is 51.0 Å². The Morgan fingerprint density at radius 1 is 1.14 bits per heavy atom. The Bertz CT molecular complexity index is 670. The number of thiophene rings is 1. The first-order valence-electron chi connectivity index (χ1n) is 7.97. The van der Waals surface area contributed by atoms with Gasteiger partial charge in [-0.15, -0.1) is 0 Å². The van der Waals surface area contributed by atoms with Gasteiger partial charge in [0.05, 0.1) is 0 Å². The highest BCUT2D eigenvalue weighted by atomic mass is 32.1. The van der Waals surface area contributed by atoms with Gasteiger partial charge < -0.3 is 16.0 Å². The minimum Gasteiger partial charge on any atom is -0.387 e. The van der Waals surface area contributed by atoms with Crippen LogP contribution in [-0.2, 0) is 6.54 Å². The minimum atomic E-state index is 0.578. The largest absolute Gasteiger partial charge is 0.387 e. The van der Waals surface area contributed by atoms with Crippen molar-refractivity contribution in [1.82, 2.24) is 10.6 Å². The summed E-state index contributed by atoms with van der Waals surface area (Å²) in [5, 5.41) is 14.9. The van der Waals surface area contributed by atoms with Gasteiger partial charge in [-0.2, -0.15) is 11.3 Å². The lowest BCUT2D eigenvalue weighted by Crippen LogP contribution is -2.35. The summed E-state index contributed by atoms with van der Waals surface area (Å²) in [7, 11) is 0. The second kappa shape index (κ2) is 6.15. The predicted octanol–water partition coefficient (Wildman–Crippen LogP) is 3.65. The molecular formula is C18H21N3S. The molecule has 2 aromatic rings. The molecule has 4 rings (SSSR count). The second-order valence-electron chi connectivity index (χ2n) is 5.99. The molecule has 2 aliphatic heterocycles. The summed E-state index contributed by atoms with van der Waals surface area (Å²) in [6.07, 6.45) is 6.62. The van der Waals surface area contributed by atoms with Crippen LogP contribution in [0.15, 0.2) is 35.2 Å². The number of hydrogen-bond acceptors (Lipinski definition) is 4. The number of rotatable bonds is 3. The third kappa shape index (κ3) is 2.76. The van der Waals surface area contributed by atoms with Crippen molar-refractivity contribution in [3.63, 3.8) is 0 Å². The predicted molar refractivity (Wildman–Crippen MR) is 95.1 cm³/mol. The number of benzene rings is 1. The van der Waals surface area contributed by atoms with Gasteiger partial charge in [0.1, 0.15) is 0 Å². The summed E-state index contributed by atoms with van der Waals surface area (Å²) < 4.78 is 0. The van der Waals surface area contributed by atoms with E-state index in [0.717, 1.165) is 19.6 Å². The van der Waals surface area contributed by atoms with Gasteiger partial charge in [-0.05, 0) is 83.9 Å². The van der Waals surface area contributed by atoms with Crippen molar-refractivity contribution in [1.29, 1.82) is 0 Å². The summed E-state index contributed by atoms with van der Waals surface area (Å²) in [6.45, 7) is 3.13. The fourth-order valence-electron chi connectivity index (χ4n) is 3.26. The number of piperidine rings is 1. The van der Waals surface area contributed by atoms with Crippen LogP contribution < -0.4 is 16.0 Å². The Labute approximate surface area is 135 Å². The van der Waals surface area contributed by atoms with Crippen molar-refractivity contribution < 1.29 is 0 Å². The Morgan fingerprint density at radius 3 is 2.86 bits per heavy atom. The minimum absolute atomic E-state index is 0.578.